The first-order valence-corrected chi connectivity index (χ1v) is 6.60. The van der Waals surface area contributed by atoms with Gasteiger partial charge >= 0.3 is 5.97 Å². The van der Waals surface area contributed by atoms with Crippen LogP contribution in [-0.4, -0.2) is 18.2 Å². The van der Waals surface area contributed by atoms with Gasteiger partial charge < -0.3 is 9.84 Å². The number of rotatable bonds is 4. The molecule has 0 amide bonds. The maximum atomic E-state index is 11.4. The molecular weight excluding hydrogens is 296 g/mol. The van der Waals surface area contributed by atoms with Gasteiger partial charge in [0, 0.05) is 4.47 Å². The van der Waals surface area contributed by atoms with Gasteiger partial charge in [-0.05, 0) is 35.6 Å². The normalized spacial score (nSPS) is 13.2. The predicted molar refractivity (Wildman–Crippen MR) is 75.0 cm³/mol. The van der Waals surface area contributed by atoms with Gasteiger partial charge in [0.25, 0.3) is 0 Å². The Kier molecular flexibility index (Phi) is 4.79. The van der Waals surface area contributed by atoms with Gasteiger partial charge in [-0.15, -0.1) is 0 Å². The molecule has 1 atom stereocenters. The molecular formula is C14H19BrO3. The van der Waals surface area contributed by atoms with Crippen LogP contribution in [0.4, 0.5) is 0 Å². The van der Waals surface area contributed by atoms with Crippen molar-refractivity contribution in [1.82, 2.24) is 0 Å². The molecule has 0 spiro atoms. The van der Waals surface area contributed by atoms with Crippen LogP contribution >= 0.6 is 15.9 Å². The van der Waals surface area contributed by atoms with E-state index in [0.29, 0.717) is 6.42 Å². The molecule has 1 aromatic rings. The second-order valence-corrected chi connectivity index (χ2v) is 6.33. The molecule has 1 aromatic carbocycles. The summed E-state index contributed by atoms with van der Waals surface area (Å²) < 4.78 is 6.21. The minimum atomic E-state index is -0.774. The van der Waals surface area contributed by atoms with Crippen molar-refractivity contribution >= 4 is 21.9 Å². The molecule has 0 heterocycles. The third-order valence-electron chi connectivity index (χ3n) is 3.01. The zero-order valence-electron chi connectivity index (χ0n) is 11.2. The van der Waals surface area contributed by atoms with Crippen LogP contribution in [0.3, 0.4) is 0 Å². The molecule has 0 saturated heterocycles. The highest BCUT2D eigenvalue weighted by atomic mass is 79.9. The second kappa shape index (κ2) is 5.74. The van der Waals surface area contributed by atoms with E-state index in [1.165, 1.54) is 0 Å². The Balaban J connectivity index is 3.08. The van der Waals surface area contributed by atoms with Crippen LogP contribution in [0.15, 0.2) is 22.7 Å². The Bertz CT molecular complexity index is 435. The van der Waals surface area contributed by atoms with Crippen molar-refractivity contribution < 1.29 is 14.6 Å². The predicted octanol–water partition coefficient (Wildman–Crippen LogP) is 3.75. The number of hydrogen-bond donors (Lipinski definition) is 1. The number of carboxylic acid groups (broad SMARTS) is 1. The molecule has 0 aliphatic carbocycles. The number of carbonyl (C=O) groups is 1. The fourth-order valence-corrected chi connectivity index (χ4v) is 2.30. The molecule has 0 aliphatic rings. The SMILES string of the molecule is COc1ccc(Br)cc1CC(C(=O)O)C(C)(C)C. The summed E-state index contributed by atoms with van der Waals surface area (Å²) in [6.07, 6.45) is 0.460. The molecule has 0 aliphatic heterocycles. The zero-order valence-corrected chi connectivity index (χ0v) is 12.7. The average molecular weight is 315 g/mol. The molecule has 0 bridgehead atoms. The smallest absolute Gasteiger partial charge is 0.307 e. The van der Waals surface area contributed by atoms with Crippen LogP contribution < -0.4 is 4.74 Å². The van der Waals surface area contributed by atoms with Crippen LogP contribution in [0.2, 0.25) is 0 Å². The Morgan fingerprint density at radius 2 is 2.06 bits per heavy atom. The van der Waals surface area contributed by atoms with E-state index in [2.05, 4.69) is 15.9 Å². The lowest BCUT2D eigenvalue weighted by molar-refractivity contribution is -0.145. The van der Waals surface area contributed by atoms with Crippen molar-refractivity contribution in [2.24, 2.45) is 11.3 Å². The number of halogens is 1. The third kappa shape index (κ3) is 3.73. The Morgan fingerprint density at radius 3 is 2.50 bits per heavy atom. The molecule has 18 heavy (non-hydrogen) atoms. The second-order valence-electron chi connectivity index (χ2n) is 5.42. The van der Waals surface area contributed by atoms with E-state index in [4.69, 9.17) is 4.74 Å². The van der Waals surface area contributed by atoms with Crippen LogP contribution in [0.1, 0.15) is 26.3 Å². The van der Waals surface area contributed by atoms with Gasteiger partial charge in [-0.2, -0.15) is 0 Å². The van der Waals surface area contributed by atoms with Gasteiger partial charge in [-0.25, -0.2) is 0 Å². The molecule has 1 N–H and O–H groups in total. The Morgan fingerprint density at radius 1 is 1.44 bits per heavy atom. The van der Waals surface area contributed by atoms with Gasteiger partial charge in [-0.1, -0.05) is 36.7 Å². The largest absolute Gasteiger partial charge is 0.496 e. The maximum absolute atomic E-state index is 11.4. The molecule has 0 saturated carbocycles. The summed E-state index contributed by atoms with van der Waals surface area (Å²) in [5, 5.41) is 9.35. The standard InChI is InChI=1S/C14H19BrO3/c1-14(2,3)11(13(16)17)8-9-7-10(15)5-6-12(9)18-4/h5-7,11H,8H2,1-4H3,(H,16,17). The minimum Gasteiger partial charge on any atom is -0.496 e. The number of benzene rings is 1. The van der Waals surface area contributed by atoms with E-state index in [1.807, 2.05) is 39.0 Å². The maximum Gasteiger partial charge on any atom is 0.307 e. The fourth-order valence-electron chi connectivity index (χ4n) is 1.89. The molecule has 1 rings (SSSR count). The van der Waals surface area contributed by atoms with E-state index in [-0.39, 0.29) is 5.41 Å². The lowest BCUT2D eigenvalue weighted by Gasteiger charge is -2.27. The third-order valence-corrected chi connectivity index (χ3v) is 3.50. The quantitative estimate of drug-likeness (QED) is 0.920. The van der Waals surface area contributed by atoms with Crippen molar-refractivity contribution in [2.75, 3.05) is 7.11 Å². The van der Waals surface area contributed by atoms with Crippen LogP contribution in [-0.2, 0) is 11.2 Å². The molecule has 0 radical (unpaired) electrons. The number of aliphatic carboxylic acids is 1. The summed E-state index contributed by atoms with van der Waals surface area (Å²) >= 11 is 3.40. The minimum absolute atomic E-state index is 0.292. The van der Waals surface area contributed by atoms with Crippen molar-refractivity contribution in [2.45, 2.75) is 27.2 Å². The topological polar surface area (TPSA) is 46.5 Å². The van der Waals surface area contributed by atoms with E-state index in [0.717, 1.165) is 15.8 Å². The highest BCUT2D eigenvalue weighted by Crippen LogP contribution is 2.33. The first-order valence-electron chi connectivity index (χ1n) is 5.81. The average Bonchev–Trinajstić information content (AvgIpc) is 2.24. The highest BCUT2D eigenvalue weighted by molar-refractivity contribution is 9.10. The van der Waals surface area contributed by atoms with Crippen LogP contribution in [0.5, 0.6) is 5.75 Å². The molecule has 3 nitrogen and oxygen atoms in total. The fraction of sp³-hybridized carbons (Fsp3) is 0.500. The monoisotopic (exact) mass is 314 g/mol. The van der Waals surface area contributed by atoms with Crippen molar-refractivity contribution in [3.8, 4) is 5.75 Å². The van der Waals surface area contributed by atoms with E-state index < -0.39 is 11.9 Å². The Labute approximate surface area is 116 Å². The van der Waals surface area contributed by atoms with E-state index >= 15 is 0 Å². The summed E-state index contributed by atoms with van der Waals surface area (Å²) in [5.74, 6) is -0.487. The van der Waals surface area contributed by atoms with Gasteiger partial charge in [0.2, 0.25) is 0 Å². The lowest BCUT2D eigenvalue weighted by atomic mass is 9.77. The molecule has 4 heteroatoms. The molecule has 0 aromatic heterocycles. The lowest BCUT2D eigenvalue weighted by Crippen LogP contribution is -2.30. The first-order chi connectivity index (χ1) is 8.25. The number of hydrogen-bond acceptors (Lipinski definition) is 2. The van der Waals surface area contributed by atoms with Gasteiger partial charge in [0.05, 0.1) is 13.0 Å². The Hall–Kier alpha value is -1.03. The molecule has 100 valence electrons. The summed E-state index contributed by atoms with van der Waals surface area (Å²) in [6, 6.07) is 5.65. The van der Waals surface area contributed by atoms with Crippen molar-refractivity contribution in [1.29, 1.82) is 0 Å². The van der Waals surface area contributed by atoms with Crippen molar-refractivity contribution in [3.63, 3.8) is 0 Å². The highest BCUT2D eigenvalue weighted by Gasteiger charge is 2.32. The van der Waals surface area contributed by atoms with E-state index in [9.17, 15) is 9.90 Å². The summed E-state index contributed by atoms with van der Waals surface area (Å²) in [4.78, 5) is 11.4. The zero-order chi connectivity index (χ0) is 13.9. The summed E-state index contributed by atoms with van der Waals surface area (Å²) in [7, 11) is 1.60. The summed E-state index contributed by atoms with van der Waals surface area (Å²) in [5.41, 5.74) is 0.619. The van der Waals surface area contributed by atoms with Crippen LogP contribution in [0.25, 0.3) is 0 Å². The van der Waals surface area contributed by atoms with Gasteiger partial charge in [0.1, 0.15) is 5.75 Å². The first kappa shape index (κ1) is 15.0. The van der Waals surface area contributed by atoms with E-state index in [1.54, 1.807) is 7.11 Å². The summed E-state index contributed by atoms with van der Waals surface area (Å²) in [6.45, 7) is 5.82. The number of methoxy groups -OCH3 is 1. The number of carboxylic acids is 1. The molecule has 0 fully saturated rings. The van der Waals surface area contributed by atoms with Crippen molar-refractivity contribution in [3.05, 3.63) is 28.2 Å². The van der Waals surface area contributed by atoms with Crippen LogP contribution in [0, 0.1) is 11.3 Å². The molecule has 1 unspecified atom stereocenters. The van der Waals surface area contributed by atoms with Gasteiger partial charge in [0.15, 0.2) is 0 Å². The number of ether oxygens (including phenoxy) is 1. The van der Waals surface area contributed by atoms with Gasteiger partial charge in [-0.3, -0.25) is 4.79 Å².